The number of rotatable bonds is 6. The highest BCUT2D eigenvalue weighted by molar-refractivity contribution is 6.28. The number of ether oxygens (including phenoxy) is 1. The second kappa shape index (κ2) is 7.08. The third-order valence-corrected chi connectivity index (χ3v) is 2.77. The Morgan fingerprint density at radius 2 is 2.16 bits per heavy atom. The van der Waals surface area contributed by atoms with Gasteiger partial charge in [0.2, 0.25) is 17.2 Å². The maximum absolute atomic E-state index is 11.3. The van der Waals surface area contributed by atoms with Gasteiger partial charge in [-0.1, -0.05) is 0 Å². The van der Waals surface area contributed by atoms with E-state index >= 15 is 0 Å². The summed E-state index contributed by atoms with van der Waals surface area (Å²) in [5, 5.41) is 3.08. The normalized spacial score (nSPS) is 11.8. The van der Waals surface area contributed by atoms with Crippen LogP contribution in [-0.4, -0.2) is 47.7 Å². The molecule has 1 aromatic rings. The van der Waals surface area contributed by atoms with Crippen molar-refractivity contribution in [3.05, 3.63) is 5.28 Å². The lowest BCUT2D eigenvalue weighted by Crippen LogP contribution is -2.33. The van der Waals surface area contributed by atoms with E-state index in [0.29, 0.717) is 18.4 Å². The Balaban J connectivity index is 2.85. The number of aromatic nitrogens is 3. The molecule has 0 saturated carbocycles. The standard InChI is InChI=1S/C11H18ClN5O2/c1-5-13-10-14-9(12)15-11(16-10)17(3)7(2)6-8(18)19-4/h7H,5-6H2,1-4H3,(H,13,14,15,16). The topological polar surface area (TPSA) is 80.2 Å². The molecule has 0 fully saturated rings. The third kappa shape index (κ3) is 4.51. The Morgan fingerprint density at radius 1 is 1.47 bits per heavy atom. The Bertz CT molecular complexity index is 443. The van der Waals surface area contributed by atoms with Gasteiger partial charge in [0.15, 0.2) is 0 Å². The van der Waals surface area contributed by atoms with Crippen LogP contribution in [0.1, 0.15) is 20.3 Å². The summed E-state index contributed by atoms with van der Waals surface area (Å²) in [4.78, 5) is 25.2. The number of hydrogen-bond acceptors (Lipinski definition) is 7. The van der Waals surface area contributed by atoms with E-state index in [9.17, 15) is 4.79 Å². The van der Waals surface area contributed by atoms with Crippen molar-refractivity contribution >= 4 is 29.5 Å². The molecule has 8 heteroatoms. The van der Waals surface area contributed by atoms with E-state index in [1.807, 2.05) is 13.8 Å². The molecule has 1 rings (SSSR count). The first kappa shape index (κ1) is 15.4. The molecule has 0 aliphatic carbocycles. The van der Waals surface area contributed by atoms with E-state index in [4.69, 9.17) is 11.6 Å². The number of methoxy groups -OCH3 is 1. The first-order chi connectivity index (χ1) is 8.97. The minimum atomic E-state index is -0.286. The second-order valence-electron chi connectivity index (χ2n) is 4.00. The van der Waals surface area contributed by atoms with Gasteiger partial charge in [-0.3, -0.25) is 4.79 Å². The maximum Gasteiger partial charge on any atom is 0.307 e. The molecule has 19 heavy (non-hydrogen) atoms. The molecular weight excluding hydrogens is 270 g/mol. The molecule has 0 aliphatic heterocycles. The fraction of sp³-hybridized carbons (Fsp3) is 0.636. The SMILES string of the molecule is CCNc1nc(Cl)nc(N(C)C(C)CC(=O)OC)n1. The van der Waals surface area contributed by atoms with E-state index < -0.39 is 0 Å². The lowest BCUT2D eigenvalue weighted by atomic mass is 10.2. The van der Waals surface area contributed by atoms with Crippen LogP contribution in [0.2, 0.25) is 5.28 Å². The van der Waals surface area contributed by atoms with Gasteiger partial charge in [-0.15, -0.1) is 0 Å². The van der Waals surface area contributed by atoms with E-state index in [1.165, 1.54) is 7.11 Å². The van der Waals surface area contributed by atoms with Crippen molar-refractivity contribution in [2.24, 2.45) is 0 Å². The van der Waals surface area contributed by atoms with Crippen LogP contribution in [0.3, 0.4) is 0 Å². The predicted octanol–water partition coefficient (Wildman–Crippen LogP) is 1.34. The number of nitrogens with zero attached hydrogens (tertiary/aromatic N) is 4. The van der Waals surface area contributed by atoms with Crippen LogP contribution in [0.15, 0.2) is 0 Å². The zero-order valence-corrected chi connectivity index (χ0v) is 12.2. The molecule has 0 aliphatic rings. The first-order valence-electron chi connectivity index (χ1n) is 5.93. The molecule has 0 spiro atoms. The highest BCUT2D eigenvalue weighted by Gasteiger charge is 2.18. The van der Waals surface area contributed by atoms with Crippen LogP contribution in [0.5, 0.6) is 0 Å². The quantitative estimate of drug-likeness (QED) is 0.791. The zero-order chi connectivity index (χ0) is 14.4. The fourth-order valence-corrected chi connectivity index (χ4v) is 1.55. The molecule has 1 heterocycles. The largest absolute Gasteiger partial charge is 0.469 e. The average Bonchev–Trinajstić information content (AvgIpc) is 2.37. The van der Waals surface area contributed by atoms with Crippen molar-refractivity contribution in [3.8, 4) is 0 Å². The monoisotopic (exact) mass is 287 g/mol. The van der Waals surface area contributed by atoms with Gasteiger partial charge in [0, 0.05) is 19.6 Å². The highest BCUT2D eigenvalue weighted by atomic mass is 35.5. The summed E-state index contributed by atoms with van der Waals surface area (Å²) in [7, 11) is 3.15. The van der Waals surface area contributed by atoms with Gasteiger partial charge in [-0.25, -0.2) is 0 Å². The summed E-state index contributed by atoms with van der Waals surface area (Å²) >= 11 is 5.85. The predicted molar refractivity (Wildman–Crippen MR) is 73.5 cm³/mol. The van der Waals surface area contributed by atoms with E-state index in [2.05, 4.69) is 25.0 Å². The molecule has 1 unspecified atom stereocenters. The molecule has 0 radical (unpaired) electrons. The molecule has 1 aromatic heterocycles. The van der Waals surface area contributed by atoms with Gasteiger partial charge >= 0.3 is 5.97 Å². The summed E-state index contributed by atoms with van der Waals surface area (Å²) in [6.07, 6.45) is 0.243. The second-order valence-corrected chi connectivity index (χ2v) is 4.34. The van der Waals surface area contributed by atoms with Crippen molar-refractivity contribution < 1.29 is 9.53 Å². The van der Waals surface area contributed by atoms with Crippen molar-refractivity contribution in [2.45, 2.75) is 26.3 Å². The summed E-state index contributed by atoms with van der Waals surface area (Å²) < 4.78 is 4.64. The molecule has 0 saturated heterocycles. The number of nitrogens with one attached hydrogen (secondary N) is 1. The summed E-state index contributed by atoms with van der Waals surface area (Å²) in [6.45, 7) is 4.49. The lowest BCUT2D eigenvalue weighted by molar-refractivity contribution is -0.140. The smallest absolute Gasteiger partial charge is 0.307 e. The van der Waals surface area contributed by atoms with Gasteiger partial charge in [0.1, 0.15) is 0 Å². The maximum atomic E-state index is 11.3. The fourth-order valence-electron chi connectivity index (χ4n) is 1.39. The number of hydrogen-bond donors (Lipinski definition) is 1. The summed E-state index contributed by atoms with van der Waals surface area (Å²) in [6, 6.07) is -0.111. The average molecular weight is 288 g/mol. The van der Waals surface area contributed by atoms with Crippen LogP contribution in [-0.2, 0) is 9.53 Å². The van der Waals surface area contributed by atoms with Crippen molar-refractivity contribution in [1.29, 1.82) is 0 Å². The van der Waals surface area contributed by atoms with E-state index in [0.717, 1.165) is 0 Å². The van der Waals surface area contributed by atoms with Crippen LogP contribution in [0.25, 0.3) is 0 Å². The Kier molecular flexibility index (Phi) is 5.75. The summed E-state index contributed by atoms with van der Waals surface area (Å²) in [5.41, 5.74) is 0. The van der Waals surface area contributed by atoms with Gasteiger partial charge in [-0.05, 0) is 25.4 Å². The zero-order valence-electron chi connectivity index (χ0n) is 11.5. The molecule has 0 aromatic carbocycles. The number of anilines is 2. The Hall–Kier alpha value is -1.63. The Morgan fingerprint density at radius 3 is 2.74 bits per heavy atom. The number of halogens is 1. The van der Waals surface area contributed by atoms with E-state index in [1.54, 1.807) is 11.9 Å². The molecule has 1 N–H and O–H groups in total. The molecule has 106 valence electrons. The van der Waals surface area contributed by atoms with Gasteiger partial charge in [0.05, 0.1) is 13.5 Å². The molecular formula is C11H18ClN5O2. The van der Waals surface area contributed by atoms with Crippen molar-refractivity contribution in [2.75, 3.05) is 30.9 Å². The van der Waals surface area contributed by atoms with Gasteiger partial charge in [0.25, 0.3) is 0 Å². The van der Waals surface area contributed by atoms with Crippen LogP contribution in [0.4, 0.5) is 11.9 Å². The molecule has 7 nitrogen and oxygen atoms in total. The van der Waals surface area contributed by atoms with E-state index in [-0.39, 0.29) is 23.7 Å². The minimum absolute atomic E-state index is 0.109. The number of esters is 1. The molecule has 0 amide bonds. The number of carbonyl (C=O) groups excluding carboxylic acids is 1. The Labute approximate surface area is 117 Å². The minimum Gasteiger partial charge on any atom is -0.469 e. The van der Waals surface area contributed by atoms with Crippen LogP contribution < -0.4 is 10.2 Å². The highest BCUT2D eigenvalue weighted by Crippen LogP contribution is 2.16. The molecule has 1 atom stereocenters. The molecule has 0 bridgehead atoms. The van der Waals surface area contributed by atoms with Crippen molar-refractivity contribution in [3.63, 3.8) is 0 Å². The van der Waals surface area contributed by atoms with Crippen LogP contribution in [0, 0.1) is 0 Å². The number of carbonyl (C=O) groups is 1. The van der Waals surface area contributed by atoms with Crippen molar-refractivity contribution in [1.82, 2.24) is 15.0 Å². The lowest BCUT2D eigenvalue weighted by Gasteiger charge is -2.24. The van der Waals surface area contributed by atoms with Crippen LogP contribution >= 0.6 is 11.6 Å². The third-order valence-electron chi connectivity index (χ3n) is 2.60. The van der Waals surface area contributed by atoms with Gasteiger partial charge < -0.3 is 15.0 Å². The summed E-state index contributed by atoms with van der Waals surface area (Å²) in [5.74, 6) is 0.536. The van der Waals surface area contributed by atoms with Gasteiger partial charge in [-0.2, -0.15) is 15.0 Å². The first-order valence-corrected chi connectivity index (χ1v) is 6.30.